The third-order valence-corrected chi connectivity index (χ3v) is 3.95. The Balaban J connectivity index is 2.22. The minimum absolute atomic E-state index is 0.124. The Morgan fingerprint density at radius 3 is 2.10 bits per heavy atom. The molecule has 2 aromatic carbocycles. The van der Waals surface area contributed by atoms with Crippen molar-refractivity contribution in [3.05, 3.63) is 59.8 Å². The van der Waals surface area contributed by atoms with Crippen molar-refractivity contribution in [2.24, 2.45) is 0 Å². The largest absolute Gasteiger partial charge is 0.497 e. The van der Waals surface area contributed by atoms with Crippen LogP contribution in [0.2, 0.25) is 0 Å². The molecule has 0 aromatic heterocycles. The Hall–Kier alpha value is -4.01. The normalized spacial score (nSPS) is 10.6. The van der Waals surface area contributed by atoms with Crippen LogP contribution in [-0.4, -0.2) is 46.3 Å². The van der Waals surface area contributed by atoms with Crippen LogP contribution < -0.4 is 20.1 Å². The zero-order valence-electron chi connectivity index (χ0n) is 17.0. The molecule has 9 heteroatoms. The van der Waals surface area contributed by atoms with Crippen molar-refractivity contribution in [1.29, 1.82) is 0 Å². The molecule has 2 rings (SSSR count). The predicted molar refractivity (Wildman–Crippen MR) is 110 cm³/mol. The lowest BCUT2D eigenvalue weighted by Gasteiger charge is -2.14. The first-order valence-corrected chi connectivity index (χ1v) is 8.70. The lowest BCUT2D eigenvalue weighted by molar-refractivity contribution is -0.138. The van der Waals surface area contributed by atoms with Crippen LogP contribution >= 0.6 is 0 Å². The summed E-state index contributed by atoms with van der Waals surface area (Å²) in [6.07, 6.45) is 0.970. The molecule has 0 saturated heterocycles. The number of benzene rings is 2. The summed E-state index contributed by atoms with van der Waals surface area (Å²) in [6.45, 7) is 0. The fraction of sp³-hybridized carbons (Fsp3) is 0.190. The number of hydrogen-bond acceptors (Lipinski definition) is 8. The molecule has 0 spiro atoms. The lowest BCUT2D eigenvalue weighted by Crippen LogP contribution is -2.16. The molecule has 2 N–H and O–H groups in total. The van der Waals surface area contributed by atoms with Crippen molar-refractivity contribution in [2.45, 2.75) is 0 Å². The van der Waals surface area contributed by atoms with Crippen molar-refractivity contribution in [3.63, 3.8) is 0 Å². The van der Waals surface area contributed by atoms with Crippen LogP contribution in [0.5, 0.6) is 11.5 Å². The van der Waals surface area contributed by atoms with Crippen molar-refractivity contribution in [2.75, 3.05) is 39.1 Å². The number of nitrogens with one attached hydrogen (secondary N) is 2. The van der Waals surface area contributed by atoms with E-state index < -0.39 is 11.9 Å². The van der Waals surface area contributed by atoms with Crippen LogP contribution in [0.3, 0.4) is 0 Å². The van der Waals surface area contributed by atoms with Crippen LogP contribution in [0.4, 0.5) is 11.4 Å². The number of carbonyl (C=O) groups is 3. The van der Waals surface area contributed by atoms with E-state index in [4.69, 9.17) is 9.47 Å². The van der Waals surface area contributed by atoms with Gasteiger partial charge in [0.2, 0.25) is 0 Å². The van der Waals surface area contributed by atoms with Crippen LogP contribution in [-0.2, 0) is 19.1 Å². The zero-order valence-corrected chi connectivity index (χ0v) is 17.0. The number of hydrogen-bond donors (Lipinski definition) is 2. The second kappa shape index (κ2) is 10.5. The van der Waals surface area contributed by atoms with E-state index in [1.807, 2.05) is 0 Å². The Bertz CT molecular complexity index is 952. The SMILES string of the molecule is COC(=O)/C=C(/Nc1ccc(NC(=O)c2ccc(OC)cc2)c(OC)c1)C(=O)OC. The number of amides is 1. The summed E-state index contributed by atoms with van der Waals surface area (Å²) >= 11 is 0. The maximum atomic E-state index is 12.5. The number of rotatable bonds is 8. The van der Waals surface area contributed by atoms with Crippen LogP contribution in [0.1, 0.15) is 10.4 Å². The molecule has 0 heterocycles. The molecule has 158 valence electrons. The molecular formula is C21H22N2O7. The second-order valence-electron chi connectivity index (χ2n) is 5.80. The molecule has 0 fully saturated rings. The molecule has 2 aromatic rings. The Morgan fingerprint density at radius 2 is 1.53 bits per heavy atom. The fourth-order valence-electron chi connectivity index (χ4n) is 2.40. The molecule has 9 nitrogen and oxygen atoms in total. The summed E-state index contributed by atoms with van der Waals surface area (Å²) in [7, 11) is 5.36. The second-order valence-corrected chi connectivity index (χ2v) is 5.80. The highest BCUT2D eigenvalue weighted by molar-refractivity contribution is 6.05. The average Bonchev–Trinajstić information content (AvgIpc) is 2.78. The van der Waals surface area contributed by atoms with Gasteiger partial charge in [0.05, 0.1) is 40.2 Å². The fourth-order valence-corrected chi connectivity index (χ4v) is 2.40. The van der Waals surface area contributed by atoms with Gasteiger partial charge in [-0.2, -0.15) is 0 Å². The molecule has 0 aliphatic rings. The van der Waals surface area contributed by atoms with Crippen LogP contribution in [0.25, 0.3) is 0 Å². The molecule has 0 aliphatic carbocycles. The van der Waals surface area contributed by atoms with E-state index in [2.05, 4.69) is 20.1 Å². The lowest BCUT2D eigenvalue weighted by atomic mass is 10.2. The van der Waals surface area contributed by atoms with Gasteiger partial charge < -0.3 is 29.6 Å². The molecule has 0 bridgehead atoms. The molecule has 30 heavy (non-hydrogen) atoms. The average molecular weight is 414 g/mol. The van der Waals surface area contributed by atoms with Crippen molar-refractivity contribution in [3.8, 4) is 11.5 Å². The molecular weight excluding hydrogens is 392 g/mol. The summed E-state index contributed by atoms with van der Waals surface area (Å²) in [5.74, 6) is -0.836. The standard InChI is InChI=1S/C21H22N2O7/c1-27-15-8-5-13(6-9-15)20(25)23-16-10-7-14(11-18(16)28-2)22-17(21(26)30-4)12-19(24)29-3/h5-12,22H,1-4H3,(H,23,25)/b17-12+. The van der Waals surface area contributed by atoms with E-state index in [9.17, 15) is 14.4 Å². The summed E-state index contributed by atoms with van der Waals surface area (Å²) < 4.78 is 19.6. The predicted octanol–water partition coefficient (Wildman–Crippen LogP) is 2.60. The first-order chi connectivity index (χ1) is 14.4. The van der Waals surface area contributed by atoms with E-state index in [1.165, 1.54) is 21.3 Å². The van der Waals surface area contributed by atoms with Crippen LogP contribution in [0, 0.1) is 0 Å². The highest BCUT2D eigenvalue weighted by atomic mass is 16.5. The van der Waals surface area contributed by atoms with Crippen LogP contribution in [0.15, 0.2) is 54.2 Å². The molecule has 0 atom stereocenters. The maximum Gasteiger partial charge on any atom is 0.354 e. The molecule has 0 radical (unpaired) electrons. The zero-order chi connectivity index (χ0) is 22.1. The highest BCUT2D eigenvalue weighted by Gasteiger charge is 2.15. The van der Waals surface area contributed by atoms with E-state index in [0.717, 1.165) is 6.08 Å². The third kappa shape index (κ3) is 5.74. The minimum Gasteiger partial charge on any atom is -0.497 e. The van der Waals surface area contributed by atoms with E-state index in [-0.39, 0.29) is 11.6 Å². The summed E-state index contributed by atoms with van der Waals surface area (Å²) in [4.78, 5) is 35.8. The summed E-state index contributed by atoms with van der Waals surface area (Å²) in [5, 5.41) is 5.53. The molecule has 0 aliphatic heterocycles. The van der Waals surface area contributed by atoms with Crippen molar-refractivity contribution >= 4 is 29.2 Å². The van der Waals surface area contributed by atoms with Gasteiger partial charge in [-0.3, -0.25) is 4.79 Å². The van der Waals surface area contributed by atoms with Gasteiger partial charge >= 0.3 is 11.9 Å². The van der Waals surface area contributed by atoms with Gasteiger partial charge in [-0.1, -0.05) is 0 Å². The van der Waals surface area contributed by atoms with Gasteiger partial charge in [0.25, 0.3) is 5.91 Å². The van der Waals surface area contributed by atoms with Gasteiger partial charge in [-0.05, 0) is 36.4 Å². The van der Waals surface area contributed by atoms with E-state index in [0.29, 0.717) is 28.4 Å². The van der Waals surface area contributed by atoms with Crippen molar-refractivity contribution < 1.29 is 33.3 Å². The first-order valence-electron chi connectivity index (χ1n) is 8.70. The Labute approximate surface area is 173 Å². The van der Waals surface area contributed by atoms with E-state index >= 15 is 0 Å². The van der Waals surface area contributed by atoms with E-state index in [1.54, 1.807) is 49.6 Å². The molecule has 0 unspecified atom stereocenters. The monoisotopic (exact) mass is 414 g/mol. The number of carbonyl (C=O) groups excluding carboxylic acids is 3. The van der Waals surface area contributed by atoms with Gasteiger partial charge in [0, 0.05) is 17.3 Å². The summed E-state index contributed by atoms with van der Waals surface area (Å²) in [6, 6.07) is 11.4. The Kier molecular flexibility index (Phi) is 7.81. The number of esters is 2. The van der Waals surface area contributed by atoms with Gasteiger partial charge in [-0.25, -0.2) is 9.59 Å². The smallest absolute Gasteiger partial charge is 0.354 e. The quantitative estimate of drug-likeness (QED) is 0.501. The van der Waals surface area contributed by atoms with Crippen molar-refractivity contribution in [1.82, 2.24) is 0 Å². The Morgan fingerprint density at radius 1 is 0.833 bits per heavy atom. The molecule has 1 amide bonds. The number of ether oxygens (including phenoxy) is 4. The maximum absolute atomic E-state index is 12.5. The number of anilines is 2. The van der Waals surface area contributed by atoms with Gasteiger partial charge in [0.1, 0.15) is 17.2 Å². The molecule has 0 saturated carbocycles. The summed E-state index contributed by atoms with van der Waals surface area (Å²) in [5.41, 5.74) is 1.16. The topological polar surface area (TPSA) is 112 Å². The van der Waals surface area contributed by atoms with Gasteiger partial charge in [-0.15, -0.1) is 0 Å². The van der Waals surface area contributed by atoms with Gasteiger partial charge in [0.15, 0.2) is 0 Å². The minimum atomic E-state index is -0.753. The first kappa shape index (κ1) is 22.3. The number of methoxy groups -OCH3 is 4. The highest BCUT2D eigenvalue weighted by Crippen LogP contribution is 2.29. The third-order valence-electron chi connectivity index (χ3n) is 3.95.